The van der Waals surface area contributed by atoms with Gasteiger partial charge in [-0.25, -0.2) is 4.79 Å². The van der Waals surface area contributed by atoms with Gasteiger partial charge in [0.1, 0.15) is 17.7 Å². The van der Waals surface area contributed by atoms with Gasteiger partial charge in [0.25, 0.3) is 0 Å². The largest absolute Gasteiger partial charge is 0.444 e. The molecule has 34 heavy (non-hydrogen) atoms. The van der Waals surface area contributed by atoms with E-state index < -0.39 is 23.8 Å². The van der Waals surface area contributed by atoms with E-state index in [9.17, 15) is 14.9 Å². The lowest BCUT2D eigenvalue weighted by atomic mass is 9.89. The zero-order valence-electron chi connectivity index (χ0n) is 20.9. The van der Waals surface area contributed by atoms with Crippen molar-refractivity contribution in [3.05, 3.63) is 35.4 Å². The summed E-state index contributed by atoms with van der Waals surface area (Å²) < 4.78 is 5.59. The SMILES string of the molecule is CN1CCC(c2ccc(C[C@@H](C#N)NC(=O)[C@@H]3[C@H]4CC[C@H](C4)N3C(=O)OC(C)(C)C)cc2)CC1. The maximum atomic E-state index is 13.2. The van der Waals surface area contributed by atoms with Gasteiger partial charge in [-0.1, -0.05) is 24.3 Å². The monoisotopic (exact) mass is 466 g/mol. The highest BCUT2D eigenvalue weighted by Crippen LogP contribution is 2.43. The molecule has 0 radical (unpaired) electrons. The van der Waals surface area contributed by atoms with Crippen molar-refractivity contribution in [3.63, 3.8) is 0 Å². The second-order valence-corrected chi connectivity index (χ2v) is 11.3. The number of hydrogen-bond donors (Lipinski definition) is 1. The smallest absolute Gasteiger partial charge is 0.411 e. The third kappa shape index (κ3) is 5.55. The first-order valence-electron chi connectivity index (χ1n) is 12.6. The normalized spacial score (nSPS) is 26.2. The number of rotatable bonds is 5. The van der Waals surface area contributed by atoms with Gasteiger partial charge < -0.3 is 15.0 Å². The van der Waals surface area contributed by atoms with Crippen LogP contribution in [-0.4, -0.2) is 65.7 Å². The van der Waals surface area contributed by atoms with Gasteiger partial charge in [0.2, 0.25) is 5.91 Å². The van der Waals surface area contributed by atoms with E-state index in [2.05, 4.69) is 47.6 Å². The molecule has 2 heterocycles. The maximum Gasteiger partial charge on any atom is 0.411 e. The summed E-state index contributed by atoms with van der Waals surface area (Å²) in [5, 5.41) is 12.7. The van der Waals surface area contributed by atoms with Crippen LogP contribution < -0.4 is 5.32 Å². The molecule has 0 unspecified atom stereocenters. The number of hydrogen-bond acceptors (Lipinski definition) is 5. The Labute approximate surface area is 203 Å². The summed E-state index contributed by atoms with van der Waals surface area (Å²) in [6, 6.07) is 9.58. The molecular weight excluding hydrogens is 428 g/mol. The fraction of sp³-hybridized carbons (Fsp3) is 0.667. The first-order valence-corrected chi connectivity index (χ1v) is 12.6. The summed E-state index contributed by atoms with van der Waals surface area (Å²) in [6.07, 6.45) is 5.01. The molecule has 0 aromatic heterocycles. The molecule has 4 atom stereocenters. The standard InChI is InChI=1S/C27H38N4O3/c1-27(2,3)34-26(33)31-23-10-9-21(16-23)24(31)25(32)29-22(17-28)15-18-5-7-19(8-6-18)20-11-13-30(4)14-12-20/h5-8,20-24H,9-16H2,1-4H3,(H,29,32)/t21-,22-,23+,24-/m0/s1. The van der Waals surface area contributed by atoms with Gasteiger partial charge in [0, 0.05) is 12.5 Å². The van der Waals surface area contributed by atoms with Crippen molar-refractivity contribution in [1.82, 2.24) is 15.1 Å². The van der Waals surface area contributed by atoms with Gasteiger partial charge in [-0.2, -0.15) is 5.26 Å². The predicted octanol–water partition coefficient (Wildman–Crippen LogP) is 3.83. The van der Waals surface area contributed by atoms with Crippen LogP contribution in [0.25, 0.3) is 0 Å². The number of likely N-dealkylation sites (tertiary alicyclic amines) is 2. The molecule has 7 heteroatoms. The molecule has 2 saturated heterocycles. The number of amides is 2. The Hall–Kier alpha value is -2.59. The first-order chi connectivity index (χ1) is 16.1. The number of carbonyl (C=O) groups excluding carboxylic acids is 2. The van der Waals surface area contributed by atoms with Crippen LogP contribution in [-0.2, 0) is 16.0 Å². The Morgan fingerprint density at radius 1 is 1.15 bits per heavy atom. The molecule has 2 bridgehead atoms. The van der Waals surface area contributed by atoms with Crippen molar-refractivity contribution in [3.8, 4) is 6.07 Å². The van der Waals surface area contributed by atoms with E-state index in [1.165, 1.54) is 18.4 Å². The molecule has 7 nitrogen and oxygen atoms in total. The molecule has 3 aliphatic rings. The van der Waals surface area contributed by atoms with E-state index in [4.69, 9.17) is 4.74 Å². The highest BCUT2D eigenvalue weighted by molar-refractivity contribution is 5.87. The third-order valence-corrected chi connectivity index (χ3v) is 7.54. The molecule has 0 spiro atoms. The van der Waals surface area contributed by atoms with Crippen molar-refractivity contribution in [2.24, 2.45) is 5.92 Å². The Morgan fingerprint density at radius 2 is 1.82 bits per heavy atom. The molecular formula is C27H38N4O3. The quantitative estimate of drug-likeness (QED) is 0.713. The lowest BCUT2D eigenvalue weighted by Crippen LogP contribution is -2.55. The van der Waals surface area contributed by atoms with E-state index in [1.54, 1.807) is 4.90 Å². The average molecular weight is 467 g/mol. The Balaban J connectivity index is 1.37. The highest BCUT2D eigenvalue weighted by atomic mass is 16.6. The molecule has 1 aromatic rings. The van der Waals surface area contributed by atoms with Crippen molar-refractivity contribution < 1.29 is 14.3 Å². The van der Waals surface area contributed by atoms with Crippen molar-refractivity contribution in [1.29, 1.82) is 5.26 Å². The average Bonchev–Trinajstić information content (AvgIpc) is 3.40. The number of fused-ring (bicyclic) bond motifs is 2. The molecule has 4 rings (SSSR count). The van der Waals surface area contributed by atoms with Gasteiger partial charge >= 0.3 is 6.09 Å². The lowest BCUT2D eigenvalue weighted by Gasteiger charge is -2.35. The van der Waals surface area contributed by atoms with Gasteiger partial charge in [-0.3, -0.25) is 9.69 Å². The van der Waals surface area contributed by atoms with Crippen LogP contribution in [0.4, 0.5) is 4.79 Å². The van der Waals surface area contributed by atoms with Crippen molar-refractivity contribution >= 4 is 12.0 Å². The molecule has 1 aromatic carbocycles. The summed E-state index contributed by atoms with van der Waals surface area (Å²) in [7, 11) is 2.17. The van der Waals surface area contributed by atoms with E-state index >= 15 is 0 Å². The van der Waals surface area contributed by atoms with Crippen LogP contribution in [0.3, 0.4) is 0 Å². The van der Waals surface area contributed by atoms with Gasteiger partial charge in [-0.15, -0.1) is 0 Å². The van der Waals surface area contributed by atoms with Crippen LogP contribution in [0.5, 0.6) is 0 Å². The first kappa shape index (κ1) is 24.5. The number of nitrogens with zero attached hydrogens (tertiary/aromatic N) is 3. The number of carbonyl (C=O) groups is 2. The zero-order chi connectivity index (χ0) is 24.5. The van der Waals surface area contributed by atoms with E-state index in [0.29, 0.717) is 12.3 Å². The molecule has 1 N–H and O–H groups in total. The predicted molar refractivity (Wildman–Crippen MR) is 130 cm³/mol. The fourth-order valence-corrected chi connectivity index (χ4v) is 5.79. The molecule has 3 fully saturated rings. The molecule has 1 aliphatic carbocycles. The van der Waals surface area contributed by atoms with E-state index in [-0.39, 0.29) is 17.9 Å². The van der Waals surface area contributed by atoms with Crippen molar-refractivity contribution in [2.45, 2.75) is 88.9 Å². The summed E-state index contributed by atoms with van der Waals surface area (Å²) in [6.45, 7) is 7.74. The van der Waals surface area contributed by atoms with Crippen LogP contribution in [0.15, 0.2) is 24.3 Å². The van der Waals surface area contributed by atoms with Gasteiger partial charge in [0.05, 0.1) is 6.07 Å². The van der Waals surface area contributed by atoms with Crippen LogP contribution in [0.2, 0.25) is 0 Å². The minimum Gasteiger partial charge on any atom is -0.444 e. The third-order valence-electron chi connectivity index (χ3n) is 7.54. The molecule has 2 aliphatic heterocycles. The van der Waals surface area contributed by atoms with Gasteiger partial charge in [0.15, 0.2) is 0 Å². The Kier molecular flexibility index (Phi) is 7.18. The molecule has 2 amide bonds. The highest BCUT2D eigenvalue weighted by Gasteiger charge is 2.52. The maximum absolute atomic E-state index is 13.2. The van der Waals surface area contributed by atoms with Crippen LogP contribution >= 0.6 is 0 Å². The summed E-state index contributed by atoms with van der Waals surface area (Å²) in [5.41, 5.74) is 1.76. The molecule has 184 valence electrons. The second-order valence-electron chi connectivity index (χ2n) is 11.3. The number of benzene rings is 1. The number of ether oxygens (including phenoxy) is 1. The number of nitriles is 1. The summed E-state index contributed by atoms with van der Waals surface area (Å²) in [4.78, 5) is 30.1. The van der Waals surface area contributed by atoms with Gasteiger partial charge in [-0.05, 0) is 96.0 Å². The zero-order valence-corrected chi connectivity index (χ0v) is 20.9. The van der Waals surface area contributed by atoms with Crippen molar-refractivity contribution in [2.75, 3.05) is 20.1 Å². The Bertz CT molecular complexity index is 925. The second kappa shape index (κ2) is 9.95. The lowest BCUT2D eigenvalue weighted by molar-refractivity contribution is -0.128. The Morgan fingerprint density at radius 3 is 2.44 bits per heavy atom. The summed E-state index contributed by atoms with van der Waals surface area (Å²) >= 11 is 0. The van der Waals surface area contributed by atoms with Crippen LogP contribution in [0, 0.1) is 17.2 Å². The number of piperidine rings is 2. The van der Waals surface area contributed by atoms with E-state index in [1.807, 2.05) is 20.8 Å². The topological polar surface area (TPSA) is 85.7 Å². The minimum atomic E-state index is -0.638. The van der Waals surface area contributed by atoms with E-state index in [0.717, 1.165) is 37.9 Å². The number of nitrogens with one attached hydrogen (secondary N) is 1. The minimum absolute atomic E-state index is 0.0447. The summed E-state index contributed by atoms with van der Waals surface area (Å²) in [5.74, 6) is 0.478. The fourth-order valence-electron chi connectivity index (χ4n) is 5.79. The molecule has 1 saturated carbocycles. The van der Waals surface area contributed by atoms with Crippen LogP contribution in [0.1, 0.15) is 69.9 Å².